The molecule has 12 nitrogen and oxygen atoms in total. The van der Waals surface area contributed by atoms with Gasteiger partial charge in [0, 0.05) is 36.4 Å². The number of aliphatic carboxylic acids is 1. The van der Waals surface area contributed by atoms with Crippen molar-refractivity contribution < 1.29 is 37.5 Å². The number of esters is 1. The first-order valence-electron chi connectivity index (χ1n) is 12.3. The van der Waals surface area contributed by atoms with Crippen LogP contribution >= 0.6 is 27.3 Å². The summed E-state index contributed by atoms with van der Waals surface area (Å²) < 4.78 is 38.0. The lowest BCUT2D eigenvalue weighted by molar-refractivity contribution is -0.385. The minimum absolute atomic E-state index is 0.0189. The van der Waals surface area contributed by atoms with Gasteiger partial charge in [0.2, 0.25) is 10.0 Å². The first-order valence-corrected chi connectivity index (χ1v) is 15.5. The Morgan fingerprint density at radius 1 is 1.20 bits per heavy atom. The van der Waals surface area contributed by atoms with Crippen LogP contribution in [0.3, 0.4) is 0 Å². The second kappa shape index (κ2) is 13.0. The van der Waals surface area contributed by atoms with E-state index in [0.717, 1.165) is 22.6 Å². The number of nitro benzene ring substituents is 1. The Kier molecular flexibility index (Phi) is 9.63. The molecule has 0 saturated carbocycles. The average Bonchev–Trinajstić information content (AvgIpc) is 3.27. The zero-order valence-electron chi connectivity index (χ0n) is 21.7. The highest BCUT2D eigenvalue weighted by Gasteiger charge is 2.30. The molecule has 2 heterocycles. The van der Waals surface area contributed by atoms with Gasteiger partial charge >= 0.3 is 11.9 Å². The normalized spacial score (nSPS) is 14.4. The molecule has 0 bridgehead atoms. The lowest BCUT2D eigenvalue weighted by Crippen LogP contribution is -2.42. The lowest BCUT2D eigenvalue weighted by Gasteiger charge is -2.32. The largest absolute Gasteiger partial charge is 0.479 e. The molecule has 3 aromatic rings. The Balaban J connectivity index is 1.44. The zero-order valence-corrected chi connectivity index (χ0v) is 25.0. The van der Waals surface area contributed by atoms with Crippen molar-refractivity contribution in [2.75, 3.05) is 32.1 Å². The molecule has 15 heteroatoms. The number of carboxylic acids is 1. The molecular weight excluding hydrogens is 642 g/mol. The molecular formula is C26H26BrN3O9S2. The number of piperidine rings is 1. The van der Waals surface area contributed by atoms with Crippen molar-refractivity contribution in [3.05, 3.63) is 73.6 Å². The van der Waals surface area contributed by atoms with Crippen molar-refractivity contribution in [3.8, 4) is 16.2 Å². The molecule has 0 amide bonds. The summed E-state index contributed by atoms with van der Waals surface area (Å²) in [4.78, 5) is 34.8. The number of methoxy groups -OCH3 is 1. The van der Waals surface area contributed by atoms with Gasteiger partial charge in [0.15, 0.2) is 17.2 Å². The summed E-state index contributed by atoms with van der Waals surface area (Å²) in [5, 5.41) is 23.7. The highest BCUT2D eigenvalue weighted by Crippen LogP contribution is 2.46. The van der Waals surface area contributed by atoms with Crippen LogP contribution in [-0.2, 0) is 25.3 Å². The molecule has 1 aromatic heterocycles. The molecule has 2 N–H and O–H groups in total. The van der Waals surface area contributed by atoms with Gasteiger partial charge in [0.05, 0.1) is 27.1 Å². The fraction of sp³-hybridized carbons (Fsp3) is 0.308. The highest BCUT2D eigenvalue weighted by molar-refractivity contribution is 9.10. The maximum absolute atomic E-state index is 13.0. The molecule has 2 aromatic carbocycles. The Morgan fingerprint density at radius 2 is 1.90 bits per heavy atom. The number of nitrogens with zero attached hydrogens (tertiary/aromatic N) is 2. The van der Waals surface area contributed by atoms with E-state index < -0.39 is 39.2 Å². The molecule has 1 aliphatic heterocycles. The number of para-hydroxylation sites is 1. The number of hydrogen-bond acceptors (Lipinski definition) is 10. The van der Waals surface area contributed by atoms with Gasteiger partial charge in [-0.25, -0.2) is 22.3 Å². The molecule has 0 aliphatic carbocycles. The number of carboxylic acid groups (broad SMARTS) is 1. The van der Waals surface area contributed by atoms with Crippen LogP contribution in [0.1, 0.15) is 28.1 Å². The Morgan fingerprint density at radius 3 is 2.56 bits per heavy atom. The van der Waals surface area contributed by atoms with E-state index in [-0.39, 0.29) is 41.0 Å². The van der Waals surface area contributed by atoms with Crippen molar-refractivity contribution in [3.63, 3.8) is 0 Å². The number of hydrogen-bond donors (Lipinski definition) is 2. The summed E-state index contributed by atoms with van der Waals surface area (Å²) >= 11 is 4.54. The van der Waals surface area contributed by atoms with E-state index in [2.05, 4.69) is 21.2 Å². The maximum atomic E-state index is 13.0. The molecule has 1 saturated heterocycles. The van der Waals surface area contributed by atoms with E-state index in [1.807, 2.05) is 24.3 Å². The van der Waals surface area contributed by atoms with Gasteiger partial charge in [-0.3, -0.25) is 10.1 Å². The number of thiophene rings is 1. The van der Waals surface area contributed by atoms with Crippen LogP contribution in [0, 0.1) is 10.1 Å². The molecule has 4 rings (SSSR count). The van der Waals surface area contributed by atoms with Crippen LogP contribution in [0.5, 0.6) is 5.75 Å². The number of sulfonamides is 1. The minimum atomic E-state index is -3.75. The van der Waals surface area contributed by atoms with Crippen molar-refractivity contribution in [1.82, 2.24) is 4.31 Å². The summed E-state index contributed by atoms with van der Waals surface area (Å²) in [7, 11) is -2.52. The van der Waals surface area contributed by atoms with Crippen molar-refractivity contribution in [2.24, 2.45) is 0 Å². The molecule has 1 fully saturated rings. The molecule has 0 spiro atoms. The number of benzene rings is 2. The number of rotatable bonds is 11. The molecule has 218 valence electrons. The summed E-state index contributed by atoms with van der Waals surface area (Å²) in [5.41, 5.74) is 1.45. The molecule has 1 aliphatic rings. The van der Waals surface area contributed by atoms with E-state index in [1.54, 1.807) is 6.07 Å². The highest BCUT2D eigenvalue weighted by atomic mass is 79.9. The first-order chi connectivity index (χ1) is 19.5. The van der Waals surface area contributed by atoms with Crippen LogP contribution in [-0.4, -0.2) is 67.5 Å². The van der Waals surface area contributed by atoms with Gasteiger partial charge in [0.1, 0.15) is 0 Å². The topological polar surface area (TPSA) is 165 Å². The Bertz CT molecular complexity index is 1570. The summed E-state index contributed by atoms with van der Waals surface area (Å²) in [6.07, 6.45) is 1.06. The quantitative estimate of drug-likeness (QED) is 0.166. The van der Waals surface area contributed by atoms with Crippen molar-refractivity contribution >= 4 is 60.6 Å². The van der Waals surface area contributed by atoms with Gasteiger partial charge in [-0.2, -0.15) is 0 Å². The third-order valence-electron chi connectivity index (χ3n) is 6.39. The Labute approximate surface area is 248 Å². The number of ether oxygens (including phenoxy) is 2. The second-order valence-electron chi connectivity index (χ2n) is 9.12. The van der Waals surface area contributed by atoms with Crippen molar-refractivity contribution in [1.29, 1.82) is 0 Å². The van der Waals surface area contributed by atoms with E-state index >= 15 is 0 Å². The van der Waals surface area contributed by atoms with Crippen LogP contribution in [0.15, 0.2) is 53.0 Å². The SMILES string of the molecule is COC(=O)c1sc(-c2cccc(NC3CCN(S(=O)(=O)Cc4ccccc4[N+](=O)[O-])CC3)c2)c(Br)c1OCC(=O)O. The predicted octanol–water partition coefficient (Wildman–Crippen LogP) is 4.74. The van der Waals surface area contributed by atoms with E-state index in [1.165, 1.54) is 29.6 Å². The molecule has 0 radical (unpaired) electrons. The van der Waals surface area contributed by atoms with Gasteiger partial charge in [-0.05, 0) is 46.5 Å². The van der Waals surface area contributed by atoms with E-state index in [9.17, 15) is 28.1 Å². The number of carbonyl (C=O) groups excluding carboxylic acids is 1. The molecule has 0 unspecified atom stereocenters. The number of anilines is 1. The number of nitrogens with one attached hydrogen (secondary N) is 1. The number of nitro groups is 1. The van der Waals surface area contributed by atoms with Gasteiger partial charge in [-0.1, -0.05) is 30.3 Å². The minimum Gasteiger partial charge on any atom is -0.479 e. The van der Waals surface area contributed by atoms with Crippen LogP contribution < -0.4 is 10.1 Å². The summed E-state index contributed by atoms with van der Waals surface area (Å²) in [5.74, 6) is -2.19. The maximum Gasteiger partial charge on any atom is 0.351 e. The average molecular weight is 669 g/mol. The van der Waals surface area contributed by atoms with Gasteiger partial charge in [0.25, 0.3) is 5.69 Å². The monoisotopic (exact) mass is 667 g/mol. The third kappa shape index (κ3) is 7.22. The smallest absolute Gasteiger partial charge is 0.351 e. The predicted molar refractivity (Wildman–Crippen MR) is 156 cm³/mol. The number of halogens is 1. The summed E-state index contributed by atoms with van der Waals surface area (Å²) in [6.45, 7) is -0.0931. The second-order valence-corrected chi connectivity index (χ2v) is 12.9. The number of carbonyl (C=O) groups is 2. The van der Waals surface area contributed by atoms with Gasteiger partial charge in [-0.15, -0.1) is 11.3 Å². The molecule has 41 heavy (non-hydrogen) atoms. The Hall–Kier alpha value is -3.53. The standard InChI is InChI=1S/C26H26BrN3O9S2/c1-38-26(33)25-23(39-14-21(31)32)22(27)24(40-25)16-6-4-7-19(13-16)28-18-9-11-29(12-10-18)41(36,37)15-17-5-2-3-8-20(17)30(34)35/h2-8,13,18,28H,9-12,14-15H2,1H3,(H,31,32). The van der Waals surface area contributed by atoms with Crippen LogP contribution in [0.4, 0.5) is 11.4 Å². The van der Waals surface area contributed by atoms with E-state index in [4.69, 9.17) is 14.6 Å². The lowest BCUT2D eigenvalue weighted by atomic mass is 10.1. The third-order valence-corrected chi connectivity index (χ3v) is 10.4. The van der Waals surface area contributed by atoms with Gasteiger partial charge < -0.3 is 19.9 Å². The van der Waals surface area contributed by atoms with E-state index in [0.29, 0.717) is 22.2 Å². The summed E-state index contributed by atoms with van der Waals surface area (Å²) in [6, 6.07) is 13.2. The van der Waals surface area contributed by atoms with Crippen molar-refractivity contribution in [2.45, 2.75) is 24.6 Å². The van der Waals surface area contributed by atoms with Crippen LogP contribution in [0.25, 0.3) is 10.4 Å². The first kappa shape index (κ1) is 30.4. The van der Waals surface area contributed by atoms with Crippen LogP contribution in [0.2, 0.25) is 0 Å². The zero-order chi connectivity index (χ0) is 29.7. The molecule has 0 atom stereocenters. The fourth-order valence-corrected chi connectivity index (χ4v) is 7.99. The fourth-order valence-electron chi connectivity index (χ4n) is 4.43.